The van der Waals surface area contributed by atoms with Crippen molar-refractivity contribution in [3.8, 4) is 0 Å². The summed E-state index contributed by atoms with van der Waals surface area (Å²) in [6, 6.07) is 7.07. The summed E-state index contributed by atoms with van der Waals surface area (Å²) in [5, 5.41) is 7.29. The van der Waals surface area contributed by atoms with Crippen molar-refractivity contribution in [3.05, 3.63) is 53.3 Å². The van der Waals surface area contributed by atoms with Crippen molar-refractivity contribution in [2.75, 3.05) is 13.6 Å². The van der Waals surface area contributed by atoms with Gasteiger partial charge >= 0.3 is 6.18 Å². The summed E-state index contributed by atoms with van der Waals surface area (Å²) in [6.07, 6.45) is -2.60. The Labute approximate surface area is 145 Å². The highest BCUT2D eigenvalue weighted by Crippen LogP contribution is 2.29. The maximum absolute atomic E-state index is 12.6. The molecule has 0 spiro atoms. The highest BCUT2D eigenvalue weighted by atomic mass is 19.4. The highest BCUT2D eigenvalue weighted by molar-refractivity contribution is 5.79. The van der Waals surface area contributed by atoms with Crippen LogP contribution < -0.4 is 5.32 Å². The second kappa shape index (κ2) is 8.04. The van der Waals surface area contributed by atoms with E-state index in [0.29, 0.717) is 25.6 Å². The molecule has 1 aromatic heterocycles. The number of nitrogens with zero attached hydrogens (tertiary/aromatic N) is 4. The molecule has 1 aromatic carbocycles. The number of aryl methyl sites for hydroxylation is 1. The minimum atomic E-state index is -4.32. The molecule has 25 heavy (non-hydrogen) atoms. The molecule has 0 atom stereocenters. The van der Waals surface area contributed by atoms with Crippen LogP contribution in [0.4, 0.5) is 13.2 Å². The fourth-order valence-electron chi connectivity index (χ4n) is 2.33. The van der Waals surface area contributed by atoms with Gasteiger partial charge in [0.25, 0.3) is 0 Å². The van der Waals surface area contributed by atoms with Gasteiger partial charge in [-0.15, -0.1) is 0 Å². The lowest BCUT2D eigenvalue weighted by atomic mass is 10.1. The smallest absolute Gasteiger partial charge is 0.357 e. The topological polar surface area (TPSA) is 45.5 Å². The average molecular weight is 353 g/mol. The summed E-state index contributed by atoms with van der Waals surface area (Å²) >= 11 is 0. The van der Waals surface area contributed by atoms with Crippen LogP contribution in [-0.2, 0) is 26.3 Å². The van der Waals surface area contributed by atoms with Gasteiger partial charge in [-0.1, -0.05) is 12.1 Å². The van der Waals surface area contributed by atoms with Crippen LogP contribution in [0.25, 0.3) is 0 Å². The third-order valence-electron chi connectivity index (χ3n) is 3.71. The minimum Gasteiger partial charge on any atom is -0.357 e. The van der Waals surface area contributed by atoms with Gasteiger partial charge < -0.3 is 10.2 Å². The van der Waals surface area contributed by atoms with Crippen molar-refractivity contribution < 1.29 is 13.2 Å². The number of hydrogen-bond acceptors (Lipinski definition) is 2. The molecule has 0 aliphatic carbocycles. The number of hydrogen-bond donors (Lipinski definition) is 1. The molecule has 2 rings (SSSR count). The van der Waals surface area contributed by atoms with Crippen LogP contribution in [0.2, 0.25) is 0 Å². The zero-order chi connectivity index (χ0) is 18.4. The number of alkyl halides is 3. The Kier molecular flexibility index (Phi) is 6.06. The Morgan fingerprint density at radius 1 is 1.24 bits per heavy atom. The molecule has 0 aliphatic rings. The van der Waals surface area contributed by atoms with Crippen LogP contribution in [0.15, 0.2) is 41.5 Å². The van der Waals surface area contributed by atoms with Crippen molar-refractivity contribution in [2.45, 2.75) is 26.2 Å². The molecule has 2 aromatic rings. The van der Waals surface area contributed by atoms with E-state index in [9.17, 15) is 13.2 Å². The van der Waals surface area contributed by atoms with Crippen molar-refractivity contribution in [3.63, 3.8) is 0 Å². The highest BCUT2D eigenvalue weighted by Gasteiger charge is 2.29. The largest absolute Gasteiger partial charge is 0.416 e. The molecular weight excluding hydrogens is 331 g/mol. The molecule has 0 bridgehead atoms. The molecule has 1 heterocycles. The third kappa shape index (κ3) is 5.23. The molecule has 5 nitrogen and oxygen atoms in total. The summed E-state index contributed by atoms with van der Waals surface area (Å²) in [5.74, 6) is 0.684. The first-order valence-corrected chi connectivity index (χ1v) is 7.93. The first kappa shape index (κ1) is 18.8. The van der Waals surface area contributed by atoms with Gasteiger partial charge in [-0.25, -0.2) is 4.99 Å². The van der Waals surface area contributed by atoms with Gasteiger partial charge in [-0.2, -0.15) is 18.3 Å². The van der Waals surface area contributed by atoms with Gasteiger partial charge in [0.05, 0.1) is 17.8 Å². The van der Waals surface area contributed by atoms with E-state index < -0.39 is 11.7 Å². The number of nitrogens with one attached hydrogen (secondary N) is 1. The van der Waals surface area contributed by atoms with Crippen LogP contribution >= 0.6 is 0 Å². The van der Waals surface area contributed by atoms with E-state index in [1.165, 1.54) is 12.1 Å². The second-order valence-corrected chi connectivity index (χ2v) is 5.67. The van der Waals surface area contributed by atoms with E-state index in [1.807, 2.05) is 32.0 Å². The molecule has 8 heteroatoms. The number of halogens is 3. The SMILES string of the molecule is CCNC(=NCc1ccnn1C)N(C)Cc1ccc(C(F)(F)F)cc1. The van der Waals surface area contributed by atoms with E-state index in [0.717, 1.165) is 23.4 Å². The molecular formula is C17H22F3N5. The summed E-state index contributed by atoms with van der Waals surface area (Å²) in [5.41, 5.74) is 1.11. The molecule has 0 saturated carbocycles. The van der Waals surface area contributed by atoms with Crippen LogP contribution in [0.5, 0.6) is 0 Å². The van der Waals surface area contributed by atoms with E-state index in [-0.39, 0.29) is 0 Å². The number of guanidine groups is 1. The average Bonchev–Trinajstić information content (AvgIpc) is 2.96. The van der Waals surface area contributed by atoms with Gasteiger partial charge in [0.15, 0.2) is 5.96 Å². The van der Waals surface area contributed by atoms with E-state index in [2.05, 4.69) is 15.4 Å². The Morgan fingerprint density at radius 3 is 2.44 bits per heavy atom. The molecule has 0 unspecified atom stereocenters. The van der Waals surface area contributed by atoms with Gasteiger partial charge in [0.1, 0.15) is 0 Å². The van der Waals surface area contributed by atoms with Crippen LogP contribution in [0.3, 0.4) is 0 Å². The zero-order valence-electron chi connectivity index (χ0n) is 14.5. The lowest BCUT2D eigenvalue weighted by Gasteiger charge is -2.22. The fraction of sp³-hybridized carbons (Fsp3) is 0.412. The van der Waals surface area contributed by atoms with E-state index in [4.69, 9.17) is 0 Å². The summed E-state index contributed by atoms with van der Waals surface area (Å²) in [4.78, 5) is 6.44. The second-order valence-electron chi connectivity index (χ2n) is 5.67. The number of benzene rings is 1. The summed E-state index contributed by atoms with van der Waals surface area (Å²) in [7, 11) is 3.70. The molecule has 0 aliphatic heterocycles. The number of aliphatic imine (C=N–C) groups is 1. The lowest BCUT2D eigenvalue weighted by molar-refractivity contribution is -0.137. The minimum absolute atomic E-state index is 0.454. The van der Waals surface area contributed by atoms with Crippen molar-refractivity contribution in [1.82, 2.24) is 20.0 Å². The van der Waals surface area contributed by atoms with Crippen molar-refractivity contribution in [2.24, 2.45) is 12.0 Å². The molecule has 0 radical (unpaired) electrons. The molecule has 0 fully saturated rings. The Bertz CT molecular complexity index is 704. The maximum atomic E-state index is 12.6. The monoisotopic (exact) mass is 353 g/mol. The molecule has 136 valence electrons. The predicted octanol–water partition coefficient (Wildman–Crippen LogP) is 3.04. The first-order chi connectivity index (χ1) is 11.8. The van der Waals surface area contributed by atoms with Gasteiger partial charge in [0.2, 0.25) is 0 Å². The van der Waals surface area contributed by atoms with Gasteiger partial charge in [0, 0.05) is 33.4 Å². The Morgan fingerprint density at radius 2 is 1.92 bits per heavy atom. The van der Waals surface area contributed by atoms with Crippen LogP contribution in [-0.4, -0.2) is 34.2 Å². The van der Waals surface area contributed by atoms with E-state index in [1.54, 1.807) is 10.9 Å². The fourth-order valence-corrected chi connectivity index (χ4v) is 2.33. The summed E-state index contributed by atoms with van der Waals surface area (Å²) < 4.78 is 39.6. The predicted molar refractivity (Wildman–Crippen MR) is 90.9 cm³/mol. The molecule has 1 N–H and O–H groups in total. The van der Waals surface area contributed by atoms with Crippen molar-refractivity contribution in [1.29, 1.82) is 0 Å². The van der Waals surface area contributed by atoms with Crippen LogP contribution in [0, 0.1) is 0 Å². The molecule has 0 saturated heterocycles. The molecule has 0 amide bonds. The lowest BCUT2D eigenvalue weighted by Crippen LogP contribution is -2.38. The Hall–Kier alpha value is -2.51. The number of aromatic nitrogens is 2. The van der Waals surface area contributed by atoms with Gasteiger partial charge in [-0.3, -0.25) is 4.68 Å². The van der Waals surface area contributed by atoms with Gasteiger partial charge in [-0.05, 0) is 30.7 Å². The maximum Gasteiger partial charge on any atom is 0.416 e. The summed E-state index contributed by atoms with van der Waals surface area (Å²) in [6.45, 7) is 3.58. The quantitative estimate of drug-likeness (QED) is 0.664. The normalized spacial score (nSPS) is 12.3. The standard InChI is InChI=1S/C17H22F3N5/c1-4-21-16(22-11-15-9-10-23-25(15)3)24(2)12-13-5-7-14(8-6-13)17(18,19)20/h5-10H,4,11-12H2,1-3H3,(H,21,22). The van der Waals surface area contributed by atoms with Crippen molar-refractivity contribution >= 4 is 5.96 Å². The first-order valence-electron chi connectivity index (χ1n) is 7.93. The third-order valence-corrected chi connectivity index (χ3v) is 3.71. The van der Waals surface area contributed by atoms with Crippen LogP contribution in [0.1, 0.15) is 23.7 Å². The Balaban J connectivity index is 2.06. The number of rotatable bonds is 5. The van der Waals surface area contributed by atoms with E-state index >= 15 is 0 Å². The zero-order valence-corrected chi connectivity index (χ0v) is 14.5.